The predicted molar refractivity (Wildman–Crippen MR) is 229 cm³/mol. The van der Waals surface area contributed by atoms with E-state index in [0.29, 0.717) is 0 Å². The van der Waals surface area contributed by atoms with Crippen molar-refractivity contribution in [3.63, 3.8) is 0 Å². The van der Waals surface area contributed by atoms with Gasteiger partial charge in [0.1, 0.15) is 0 Å². The molecule has 0 aliphatic carbocycles. The summed E-state index contributed by atoms with van der Waals surface area (Å²) >= 11 is 0. The van der Waals surface area contributed by atoms with Gasteiger partial charge < -0.3 is 9.47 Å². The topological polar surface area (TPSA) is 8.17 Å². The van der Waals surface area contributed by atoms with Crippen molar-refractivity contribution in [2.75, 3.05) is 4.90 Å². The van der Waals surface area contributed by atoms with Gasteiger partial charge in [0.15, 0.2) is 0 Å². The first-order valence-electron chi connectivity index (χ1n) is 18.5. The van der Waals surface area contributed by atoms with Crippen molar-refractivity contribution >= 4 is 49.6 Å². The maximum atomic E-state index is 2.41. The molecule has 1 heterocycles. The number of para-hydroxylation sites is 5. The van der Waals surface area contributed by atoms with Gasteiger partial charge in [0.25, 0.3) is 0 Å². The number of aromatic nitrogens is 1. The molecule has 0 aliphatic rings. The highest BCUT2D eigenvalue weighted by Gasteiger charge is 2.19. The maximum absolute atomic E-state index is 2.41. The molecule has 10 rings (SSSR count). The number of benzene rings is 9. The minimum absolute atomic E-state index is 1.10. The minimum atomic E-state index is 1.10. The Morgan fingerprint density at radius 1 is 0.315 bits per heavy atom. The Bertz CT molecular complexity index is 2880. The third-order valence-electron chi connectivity index (χ3n) is 10.6. The molecule has 0 saturated carbocycles. The second-order valence-electron chi connectivity index (χ2n) is 13.7. The van der Waals surface area contributed by atoms with E-state index >= 15 is 0 Å². The maximum Gasteiger partial charge on any atom is 0.0541 e. The quantitative estimate of drug-likeness (QED) is 0.162. The second kappa shape index (κ2) is 13.4. The van der Waals surface area contributed by atoms with Crippen LogP contribution in [0.1, 0.15) is 0 Å². The summed E-state index contributed by atoms with van der Waals surface area (Å²) in [4.78, 5) is 2.37. The number of nitrogens with zero attached hydrogens (tertiary/aromatic N) is 2. The highest BCUT2D eigenvalue weighted by atomic mass is 15.1. The van der Waals surface area contributed by atoms with Gasteiger partial charge in [0, 0.05) is 33.3 Å². The summed E-state index contributed by atoms with van der Waals surface area (Å²) in [6.07, 6.45) is 0. The van der Waals surface area contributed by atoms with Crippen LogP contribution in [0.5, 0.6) is 0 Å². The van der Waals surface area contributed by atoms with Crippen molar-refractivity contribution in [1.29, 1.82) is 0 Å². The number of rotatable bonds is 7. The summed E-state index contributed by atoms with van der Waals surface area (Å²) < 4.78 is 2.41. The molecule has 0 fully saturated rings. The molecule has 0 amide bonds. The molecule has 10 aromatic rings. The Balaban J connectivity index is 1.06. The standard InChI is InChI=1S/C52H36N2/c1-2-20-41(21-3-1)53(50-29-11-7-24-46(50)45-27-15-17-38-16-4-5-22-43(38)45)42-34-32-37(33-35-42)39-18-14-19-40(36-39)44-23-6-10-28-49(44)54-51-30-12-8-25-47(51)48-26-9-13-31-52(48)54/h1-36H. The van der Waals surface area contributed by atoms with Crippen LogP contribution in [0.25, 0.3) is 71.6 Å². The van der Waals surface area contributed by atoms with Crippen LogP contribution >= 0.6 is 0 Å². The smallest absolute Gasteiger partial charge is 0.0541 e. The summed E-state index contributed by atoms with van der Waals surface area (Å²) in [5, 5.41) is 5.01. The van der Waals surface area contributed by atoms with E-state index < -0.39 is 0 Å². The Hall–Kier alpha value is -7.16. The Morgan fingerprint density at radius 2 is 0.852 bits per heavy atom. The van der Waals surface area contributed by atoms with Crippen molar-refractivity contribution < 1.29 is 0 Å². The minimum Gasteiger partial charge on any atom is -0.310 e. The van der Waals surface area contributed by atoms with Crippen molar-refractivity contribution in [1.82, 2.24) is 4.57 Å². The van der Waals surface area contributed by atoms with Crippen molar-refractivity contribution in [3.05, 3.63) is 218 Å². The van der Waals surface area contributed by atoms with E-state index in [4.69, 9.17) is 0 Å². The van der Waals surface area contributed by atoms with Crippen LogP contribution in [0.15, 0.2) is 218 Å². The van der Waals surface area contributed by atoms with Gasteiger partial charge in [-0.25, -0.2) is 0 Å². The highest BCUT2D eigenvalue weighted by molar-refractivity contribution is 6.10. The van der Waals surface area contributed by atoms with E-state index in [1.165, 1.54) is 71.6 Å². The van der Waals surface area contributed by atoms with Gasteiger partial charge in [-0.1, -0.05) is 164 Å². The Morgan fingerprint density at radius 3 is 1.63 bits per heavy atom. The van der Waals surface area contributed by atoms with Crippen LogP contribution in [-0.2, 0) is 0 Å². The van der Waals surface area contributed by atoms with Gasteiger partial charge in [-0.15, -0.1) is 0 Å². The van der Waals surface area contributed by atoms with Crippen LogP contribution in [0.4, 0.5) is 17.1 Å². The first-order valence-corrected chi connectivity index (χ1v) is 18.5. The third kappa shape index (κ3) is 5.44. The lowest BCUT2D eigenvalue weighted by Gasteiger charge is -2.28. The molecule has 0 saturated heterocycles. The zero-order valence-corrected chi connectivity index (χ0v) is 29.7. The molecule has 0 bridgehead atoms. The van der Waals surface area contributed by atoms with E-state index in [9.17, 15) is 0 Å². The predicted octanol–water partition coefficient (Wildman–Crippen LogP) is 14.4. The van der Waals surface area contributed by atoms with E-state index in [1.54, 1.807) is 0 Å². The van der Waals surface area contributed by atoms with Crippen molar-refractivity contribution in [3.8, 4) is 39.1 Å². The molecule has 2 nitrogen and oxygen atoms in total. The van der Waals surface area contributed by atoms with Crippen LogP contribution < -0.4 is 4.90 Å². The molecule has 2 heteroatoms. The summed E-state index contributed by atoms with van der Waals surface area (Å²) in [7, 11) is 0. The first kappa shape index (κ1) is 31.6. The van der Waals surface area contributed by atoms with Gasteiger partial charge in [0.05, 0.1) is 22.4 Å². The fourth-order valence-electron chi connectivity index (χ4n) is 8.13. The normalized spacial score (nSPS) is 11.3. The molecule has 0 spiro atoms. The summed E-state index contributed by atoms with van der Waals surface area (Å²) in [5.41, 5.74) is 14.1. The lowest BCUT2D eigenvalue weighted by molar-refractivity contribution is 1.18. The fourth-order valence-corrected chi connectivity index (χ4v) is 8.13. The van der Waals surface area contributed by atoms with Crippen LogP contribution in [0.2, 0.25) is 0 Å². The number of anilines is 3. The molecule has 0 N–H and O–H groups in total. The van der Waals surface area contributed by atoms with Gasteiger partial charge in [-0.3, -0.25) is 0 Å². The van der Waals surface area contributed by atoms with Gasteiger partial charge in [-0.2, -0.15) is 0 Å². The van der Waals surface area contributed by atoms with Crippen LogP contribution in [0, 0.1) is 0 Å². The van der Waals surface area contributed by atoms with E-state index in [2.05, 4.69) is 228 Å². The molecule has 0 unspecified atom stereocenters. The largest absolute Gasteiger partial charge is 0.310 e. The summed E-state index contributed by atoms with van der Waals surface area (Å²) in [6.45, 7) is 0. The molecule has 0 radical (unpaired) electrons. The molecule has 254 valence electrons. The fraction of sp³-hybridized carbons (Fsp3) is 0. The highest BCUT2D eigenvalue weighted by Crippen LogP contribution is 2.43. The summed E-state index contributed by atoms with van der Waals surface area (Å²) in [5.74, 6) is 0. The van der Waals surface area contributed by atoms with Crippen molar-refractivity contribution in [2.24, 2.45) is 0 Å². The van der Waals surface area contributed by atoms with Crippen LogP contribution in [0.3, 0.4) is 0 Å². The number of hydrogen-bond acceptors (Lipinski definition) is 1. The molecule has 0 aliphatic heterocycles. The monoisotopic (exact) mass is 688 g/mol. The average Bonchev–Trinajstić information content (AvgIpc) is 3.59. The lowest BCUT2D eigenvalue weighted by Crippen LogP contribution is -2.11. The average molecular weight is 689 g/mol. The Kier molecular flexibility index (Phi) is 7.85. The number of hydrogen-bond donors (Lipinski definition) is 0. The molecule has 9 aromatic carbocycles. The van der Waals surface area contributed by atoms with Crippen LogP contribution in [-0.4, -0.2) is 4.57 Å². The molecule has 0 atom stereocenters. The van der Waals surface area contributed by atoms with Gasteiger partial charge in [-0.05, 0) is 87.6 Å². The zero-order valence-electron chi connectivity index (χ0n) is 29.7. The van der Waals surface area contributed by atoms with E-state index in [1.807, 2.05) is 0 Å². The molecule has 1 aromatic heterocycles. The van der Waals surface area contributed by atoms with E-state index in [0.717, 1.165) is 17.1 Å². The Labute approximate surface area is 315 Å². The summed E-state index contributed by atoms with van der Waals surface area (Å²) in [6, 6.07) is 78.8. The lowest BCUT2D eigenvalue weighted by atomic mass is 9.95. The third-order valence-corrected chi connectivity index (χ3v) is 10.6. The van der Waals surface area contributed by atoms with Gasteiger partial charge in [0.2, 0.25) is 0 Å². The SMILES string of the molecule is c1ccc(N(c2ccc(-c3cccc(-c4ccccc4-n4c5ccccc5c5ccccc54)c3)cc2)c2ccccc2-c2cccc3ccccc23)cc1. The number of fused-ring (bicyclic) bond motifs is 4. The zero-order chi connectivity index (χ0) is 35.8. The molecule has 54 heavy (non-hydrogen) atoms. The first-order chi connectivity index (χ1) is 26.8. The molecular formula is C52H36N2. The molecular weight excluding hydrogens is 653 g/mol. The second-order valence-corrected chi connectivity index (χ2v) is 13.7. The van der Waals surface area contributed by atoms with Crippen molar-refractivity contribution in [2.45, 2.75) is 0 Å². The van der Waals surface area contributed by atoms with Gasteiger partial charge >= 0.3 is 0 Å². The van der Waals surface area contributed by atoms with E-state index in [-0.39, 0.29) is 0 Å².